The van der Waals surface area contributed by atoms with Crippen LogP contribution in [0.4, 0.5) is 0 Å². The molecule has 0 aliphatic heterocycles. The molecule has 0 unspecified atom stereocenters. The van der Waals surface area contributed by atoms with Crippen molar-refractivity contribution in [3.63, 3.8) is 0 Å². The molecule has 5 heteroatoms. The molecule has 0 aromatic heterocycles. The number of rotatable bonds is 2. The Bertz CT molecular complexity index is 865. The van der Waals surface area contributed by atoms with Crippen LogP contribution in [0.15, 0.2) is 28.0 Å². The van der Waals surface area contributed by atoms with Crippen LogP contribution < -0.4 is 0 Å². The Morgan fingerprint density at radius 3 is 1.77 bits per heavy atom. The Kier molecular flexibility index (Phi) is 3.96. The maximum absolute atomic E-state index is 13.0. The lowest BCUT2D eigenvalue weighted by Crippen LogP contribution is -2.08. The second-order valence-electron chi connectivity index (χ2n) is 5.61. The topological polar surface area (TPSA) is 74.6 Å². The van der Waals surface area contributed by atoms with Crippen molar-refractivity contribution in [2.45, 2.75) is 44.4 Å². The molecule has 0 amide bonds. The van der Waals surface area contributed by atoms with Gasteiger partial charge in [-0.25, -0.2) is 8.42 Å². The van der Waals surface area contributed by atoms with Crippen molar-refractivity contribution >= 4 is 9.84 Å². The molecule has 0 saturated carbocycles. The van der Waals surface area contributed by atoms with E-state index < -0.39 is 9.84 Å². The van der Waals surface area contributed by atoms with E-state index in [9.17, 15) is 18.6 Å². The number of hydrogen-bond acceptors (Lipinski definition) is 4. The average molecular weight is 320 g/mol. The molecule has 0 fully saturated rings. The van der Waals surface area contributed by atoms with Crippen molar-refractivity contribution in [1.82, 2.24) is 0 Å². The molecule has 2 rings (SSSR count). The Morgan fingerprint density at radius 2 is 1.18 bits per heavy atom. The van der Waals surface area contributed by atoms with E-state index in [2.05, 4.69) is 0 Å². The lowest BCUT2D eigenvalue weighted by molar-refractivity contribution is 0.467. The van der Waals surface area contributed by atoms with E-state index in [4.69, 9.17) is 0 Å². The zero-order valence-electron chi connectivity index (χ0n) is 13.4. The van der Waals surface area contributed by atoms with Crippen molar-refractivity contribution in [2.75, 3.05) is 0 Å². The largest absolute Gasteiger partial charge is 0.508 e. The van der Waals surface area contributed by atoms with E-state index in [0.717, 1.165) is 5.56 Å². The zero-order chi connectivity index (χ0) is 16.8. The molecule has 2 aromatic rings. The third-order valence-electron chi connectivity index (χ3n) is 4.43. The van der Waals surface area contributed by atoms with Crippen molar-refractivity contribution in [3.8, 4) is 11.5 Å². The third-order valence-corrected chi connectivity index (χ3v) is 6.46. The number of phenols is 2. The zero-order valence-corrected chi connectivity index (χ0v) is 14.2. The standard InChI is InChI=1S/C17H20O4S/c1-9-10(2)15(19)8-17(12(9)4)22(20,21)16-7-6-14(18)11(3)13(16)5/h6-8,18-19H,1-5H3. The smallest absolute Gasteiger partial charge is 0.207 e. The van der Waals surface area contributed by atoms with Crippen LogP contribution in [0.5, 0.6) is 11.5 Å². The van der Waals surface area contributed by atoms with Crippen molar-refractivity contribution < 1.29 is 18.6 Å². The Balaban J connectivity index is 2.80. The van der Waals surface area contributed by atoms with Crippen LogP contribution in [-0.4, -0.2) is 18.6 Å². The highest BCUT2D eigenvalue weighted by atomic mass is 32.2. The van der Waals surface area contributed by atoms with Gasteiger partial charge in [0.15, 0.2) is 0 Å². The molecule has 0 atom stereocenters. The maximum atomic E-state index is 13.0. The van der Waals surface area contributed by atoms with Crippen LogP contribution in [0.1, 0.15) is 27.8 Å². The highest BCUT2D eigenvalue weighted by Gasteiger charge is 2.25. The van der Waals surface area contributed by atoms with E-state index >= 15 is 0 Å². The summed E-state index contributed by atoms with van der Waals surface area (Å²) in [4.78, 5) is 0.245. The SMILES string of the molecule is Cc1c(O)ccc(S(=O)(=O)c2cc(O)c(C)c(C)c2C)c1C. The minimum atomic E-state index is -3.77. The van der Waals surface area contributed by atoms with Crippen LogP contribution >= 0.6 is 0 Å². The fourth-order valence-electron chi connectivity index (χ4n) is 2.47. The van der Waals surface area contributed by atoms with Crippen LogP contribution in [0.25, 0.3) is 0 Å². The maximum Gasteiger partial charge on any atom is 0.207 e. The molecular formula is C17H20O4S. The highest BCUT2D eigenvalue weighted by molar-refractivity contribution is 7.91. The average Bonchev–Trinajstić information content (AvgIpc) is 2.46. The molecule has 0 heterocycles. The van der Waals surface area contributed by atoms with Gasteiger partial charge in [-0.15, -0.1) is 0 Å². The second kappa shape index (κ2) is 5.32. The molecule has 0 aliphatic carbocycles. The van der Waals surface area contributed by atoms with Gasteiger partial charge in [0.1, 0.15) is 11.5 Å². The molecule has 0 saturated heterocycles. The van der Waals surface area contributed by atoms with Crippen molar-refractivity contribution in [2.24, 2.45) is 0 Å². The third kappa shape index (κ3) is 2.35. The molecular weight excluding hydrogens is 300 g/mol. The van der Waals surface area contributed by atoms with Gasteiger partial charge in [0.2, 0.25) is 9.84 Å². The molecule has 2 aromatic carbocycles. The predicted octanol–water partition coefficient (Wildman–Crippen LogP) is 3.47. The minimum absolute atomic E-state index is 0.0326. The summed E-state index contributed by atoms with van der Waals surface area (Å²) in [7, 11) is -3.77. The first kappa shape index (κ1) is 16.4. The first-order valence-electron chi connectivity index (χ1n) is 6.93. The van der Waals surface area contributed by atoms with Gasteiger partial charge in [-0.05, 0) is 80.6 Å². The summed E-state index contributed by atoms with van der Waals surface area (Å²) in [5.41, 5.74) is 3.10. The van der Waals surface area contributed by atoms with E-state index in [0.29, 0.717) is 22.3 Å². The number of phenolic OH excluding ortho intramolecular Hbond substituents is 2. The predicted molar refractivity (Wildman–Crippen MR) is 85.4 cm³/mol. The van der Waals surface area contributed by atoms with Gasteiger partial charge < -0.3 is 10.2 Å². The Morgan fingerprint density at radius 1 is 0.682 bits per heavy atom. The summed E-state index contributed by atoms with van der Waals surface area (Å²) in [5, 5.41) is 19.7. The van der Waals surface area contributed by atoms with E-state index in [1.54, 1.807) is 34.6 Å². The molecule has 2 N–H and O–H groups in total. The normalized spacial score (nSPS) is 11.7. The summed E-state index contributed by atoms with van der Waals surface area (Å²) >= 11 is 0. The number of sulfone groups is 1. The van der Waals surface area contributed by atoms with Gasteiger partial charge in [-0.2, -0.15) is 0 Å². The monoisotopic (exact) mass is 320 g/mol. The van der Waals surface area contributed by atoms with E-state index in [1.807, 2.05) is 0 Å². The van der Waals surface area contributed by atoms with Crippen molar-refractivity contribution in [1.29, 1.82) is 0 Å². The molecule has 22 heavy (non-hydrogen) atoms. The van der Waals surface area contributed by atoms with Gasteiger partial charge in [-0.3, -0.25) is 0 Å². The lowest BCUT2D eigenvalue weighted by Gasteiger charge is -2.16. The molecule has 0 spiro atoms. The van der Waals surface area contributed by atoms with Crippen LogP contribution in [0, 0.1) is 34.6 Å². The van der Waals surface area contributed by atoms with Gasteiger partial charge >= 0.3 is 0 Å². The van der Waals surface area contributed by atoms with Gasteiger partial charge in [0.05, 0.1) is 9.79 Å². The van der Waals surface area contributed by atoms with Gasteiger partial charge in [-0.1, -0.05) is 0 Å². The van der Waals surface area contributed by atoms with Crippen LogP contribution in [0.2, 0.25) is 0 Å². The number of aromatic hydroxyl groups is 2. The van der Waals surface area contributed by atoms with Crippen LogP contribution in [-0.2, 0) is 9.84 Å². The molecule has 0 bridgehead atoms. The van der Waals surface area contributed by atoms with Gasteiger partial charge in [0, 0.05) is 0 Å². The van der Waals surface area contributed by atoms with Crippen LogP contribution in [0.3, 0.4) is 0 Å². The summed E-state index contributed by atoms with van der Waals surface area (Å²) in [6.07, 6.45) is 0. The summed E-state index contributed by atoms with van der Waals surface area (Å²) in [6.45, 7) is 8.62. The lowest BCUT2D eigenvalue weighted by atomic mass is 10.0. The number of hydrogen-bond donors (Lipinski definition) is 2. The molecule has 4 nitrogen and oxygen atoms in total. The second-order valence-corrected chi connectivity index (χ2v) is 7.49. The molecule has 0 radical (unpaired) electrons. The van der Waals surface area contributed by atoms with Crippen molar-refractivity contribution in [3.05, 3.63) is 46.0 Å². The van der Waals surface area contributed by atoms with E-state index in [1.165, 1.54) is 18.2 Å². The van der Waals surface area contributed by atoms with Gasteiger partial charge in [0.25, 0.3) is 0 Å². The first-order valence-corrected chi connectivity index (χ1v) is 8.41. The fraction of sp³-hybridized carbons (Fsp3) is 0.294. The quantitative estimate of drug-likeness (QED) is 0.888. The highest BCUT2D eigenvalue weighted by Crippen LogP contribution is 2.35. The minimum Gasteiger partial charge on any atom is -0.508 e. The fourth-order valence-corrected chi connectivity index (χ4v) is 4.33. The molecule has 118 valence electrons. The first-order chi connectivity index (χ1) is 10.1. The number of benzene rings is 2. The Labute approximate surface area is 131 Å². The summed E-state index contributed by atoms with van der Waals surface area (Å²) < 4.78 is 25.9. The molecule has 0 aliphatic rings. The van der Waals surface area contributed by atoms with E-state index in [-0.39, 0.29) is 21.3 Å². The summed E-state index contributed by atoms with van der Waals surface area (Å²) in [6, 6.07) is 4.08. The summed E-state index contributed by atoms with van der Waals surface area (Å²) in [5.74, 6) is 0.0333. The Hall–Kier alpha value is -2.01.